The number of thiophene rings is 1. The van der Waals surface area contributed by atoms with Gasteiger partial charge >= 0.3 is 0 Å². The molecule has 0 spiro atoms. The quantitative estimate of drug-likeness (QED) is 0.621. The maximum Gasteiger partial charge on any atom is 0.0111 e. The van der Waals surface area contributed by atoms with E-state index in [1.807, 2.05) is 11.3 Å². The minimum absolute atomic E-state index is 0.295. The Labute approximate surface area is 86.0 Å². The lowest BCUT2D eigenvalue weighted by Crippen LogP contribution is -2.14. The van der Waals surface area contributed by atoms with Gasteiger partial charge in [0, 0.05) is 4.88 Å². The molecule has 1 heterocycles. The average molecular weight is 196 g/mol. The minimum Gasteiger partial charge on any atom is -0.148 e. The molecule has 0 unspecified atom stereocenters. The Kier molecular flexibility index (Phi) is 2.86. The Morgan fingerprint density at radius 3 is 2.08 bits per heavy atom. The Morgan fingerprint density at radius 1 is 1.23 bits per heavy atom. The molecule has 1 aromatic rings. The van der Waals surface area contributed by atoms with Crippen LogP contribution in [0.25, 0.3) is 0 Å². The Morgan fingerprint density at radius 2 is 1.77 bits per heavy atom. The normalized spacial score (nSPS) is 12.5. The fourth-order valence-corrected chi connectivity index (χ4v) is 3.13. The second kappa shape index (κ2) is 3.45. The van der Waals surface area contributed by atoms with Crippen molar-refractivity contribution in [1.29, 1.82) is 0 Å². The van der Waals surface area contributed by atoms with Gasteiger partial charge in [0.1, 0.15) is 0 Å². The largest absolute Gasteiger partial charge is 0.148 e. The Balaban J connectivity index is 3.25. The number of rotatable bonds is 1. The van der Waals surface area contributed by atoms with E-state index in [4.69, 9.17) is 0 Å². The van der Waals surface area contributed by atoms with Crippen LogP contribution in [0.1, 0.15) is 56.5 Å². The van der Waals surface area contributed by atoms with Crippen LogP contribution in [0.4, 0.5) is 0 Å². The van der Waals surface area contributed by atoms with Gasteiger partial charge in [-0.05, 0) is 34.8 Å². The Bertz CT molecular complexity index is 287. The summed E-state index contributed by atoms with van der Waals surface area (Å²) in [6.07, 6.45) is 0. The zero-order chi connectivity index (χ0) is 10.2. The first-order valence-electron chi connectivity index (χ1n) is 4.92. The molecule has 0 aromatic carbocycles. The maximum atomic E-state index is 2.30. The molecule has 1 rings (SSSR count). The van der Waals surface area contributed by atoms with E-state index >= 15 is 0 Å². The summed E-state index contributed by atoms with van der Waals surface area (Å²) < 4.78 is 0. The second-order valence-corrected chi connectivity index (χ2v) is 5.97. The Hall–Kier alpha value is -0.300. The molecule has 0 N–H and O–H groups in total. The van der Waals surface area contributed by atoms with Gasteiger partial charge in [-0.15, -0.1) is 11.3 Å². The predicted molar refractivity (Wildman–Crippen MR) is 61.8 cm³/mol. The van der Waals surface area contributed by atoms with Gasteiger partial charge in [0.05, 0.1) is 0 Å². The van der Waals surface area contributed by atoms with Crippen molar-refractivity contribution in [3.8, 4) is 0 Å². The van der Waals surface area contributed by atoms with Crippen LogP contribution in [-0.2, 0) is 5.41 Å². The highest BCUT2D eigenvalue weighted by Gasteiger charge is 2.22. The van der Waals surface area contributed by atoms with Crippen molar-refractivity contribution in [2.24, 2.45) is 0 Å². The molecular formula is C12H20S. The van der Waals surface area contributed by atoms with E-state index in [2.05, 4.69) is 46.9 Å². The SMILES string of the molecule is Cc1csc(C(C)C)c1C(C)(C)C. The molecule has 74 valence electrons. The summed E-state index contributed by atoms with van der Waals surface area (Å²) in [5.74, 6) is 0.660. The number of hydrogen-bond donors (Lipinski definition) is 0. The number of hydrogen-bond acceptors (Lipinski definition) is 1. The third-order valence-corrected chi connectivity index (χ3v) is 3.68. The van der Waals surface area contributed by atoms with Crippen LogP contribution < -0.4 is 0 Å². The minimum atomic E-state index is 0.295. The van der Waals surface area contributed by atoms with Crippen molar-refractivity contribution in [3.63, 3.8) is 0 Å². The fraction of sp³-hybridized carbons (Fsp3) is 0.667. The van der Waals surface area contributed by atoms with E-state index in [1.165, 1.54) is 5.56 Å². The molecule has 0 saturated heterocycles. The van der Waals surface area contributed by atoms with Gasteiger partial charge < -0.3 is 0 Å². The van der Waals surface area contributed by atoms with Crippen LogP contribution in [0.3, 0.4) is 0 Å². The lowest BCUT2D eigenvalue weighted by molar-refractivity contribution is 0.578. The smallest absolute Gasteiger partial charge is 0.0111 e. The lowest BCUT2D eigenvalue weighted by atomic mass is 9.83. The van der Waals surface area contributed by atoms with Gasteiger partial charge in [-0.25, -0.2) is 0 Å². The monoisotopic (exact) mass is 196 g/mol. The summed E-state index contributed by atoms with van der Waals surface area (Å²) in [4.78, 5) is 1.56. The van der Waals surface area contributed by atoms with Crippen molar-refractivity contribution in [2.75, 3.05) is 0 Å². The van der Waals surface area contributed by atoms with Crippen molar-refractivity contribution in [3.05, 3.63) is 21.4 Å². The molecule has 0 atom stereocenters. The second-order valence-electron chi connectivity index (χ2n) is 5.06. The zero-order valence-electron chi connectivity index (χ0n) is 9.56. The first-order chi connectivity index (χ1) is 5.84. The molecule has 1 aromatic heterocycles. The topological polar surface area (TPSA) is 0 Å². The van der Waals surface area contributed by atoms with Gasteiger partial charge in [0.15, 0.2) is 0 Å². The van der Waals surface area contributed by atoms with E-state index in [-0.39, 0.29) is 0 Å². The summed E-state index contributed by atoms with van der Waals surface area (Å²) in [5, 5.41) is 2.29. The van der Waals surface area contributed by atoms with E-state index in [0.29, 0.717) is 11.3 Å². The highest BCUT2D eigenvalue weighted by atomic mass is 32.1. The van der Waals surface area contributed by atoms with Crippen molar-refractivity contribution >= 4 is 11.3 Å². The van der Waals surface area contributed by atoms with Gasteiger partial charge in [-0.3, -0.25) is 0 Å². The molecule has 0 saturated carbocycles. The lowest BCUT2D eigenvalue weighted by Gasteiger charge is -2.22. The van der Waals surface area contributed by atoms with Gasteiger partial charge in [-0.2, -0.15) is 0 Å². The molecule has 13 heavy (non-hydrogen) atoms. The summed E-state index contributed by atoms with van der Waals surface area (Å²) in [6.45, 7) is 13.7. The first-order valence-corrected chi connectivity index (χ1v) is 5.80. The molecule has 0 nitrogen and oxygen atoms in total. The average Bonchev–Trinajstić information content (AvgIpc) is 2.28. The molecule has 0 fully saturated rings. The van der Waals surface area contributed by atoms with E-state index in [1.54, 1.807) is 10.4 Å². The molecule has 0 aliphatic carbocycles. The summed E-state index contributed by atoms with van der Waals surface area (Å²) in [5.41, 5.74) is 3.32. The van der Waals surface area contributed by atoms with Crippen molar-refractivity contribution in [1.82, 2.24) is 0 Å². The standard InChI is InChI=1S/C12H20S/c1-8(2)11-10(12(4,5)6)9(3)7-13-11/h7-8H,1-6H3. The van der Waals surface area contributed by atoms with Gasteiger partial charge in [0.2, 0.25) is 0 Å². The maximum absolute atomic E-state index is 2.30. The summed E-state index contributed by atoms with van der Waals surface area (Å²) in [7, 11) is 0. The van der Waals surface area contributed by atoms with Crippen LogP contribution in [0, 0.1) is 6.92 Å². The van der Waals surface area contributed by atoms with E-state index in [0.717, 1.165) is 0 Å². The molecule has 0 amide bonds. The molecular weight excluding hydrogens is 176 g/mol. The van der Waals surface area contributed by atoms with Gasteiger partial charge in [-0.1, -0.05) is 34.6 Å². The molecule has 0 aliphatic rings. The van der Waals surface area contributed by atoms with Gasteiger partial charge in [0.25, 0.3) is 0 Å². The third-order valence-electron chi connectivity index (χ3n) is 2.28. The summed E-state index contributed by atoms with van der Waals surface area (Å²) >= 11 is 1.91. The van der Waals surface area contributed by atoms with Crippen LogP contribution in [-0.4, -0.2) is 0 Å². The van der Waals surface area contributed by atoms with Crippen molar-refractivity contribution in [2.45, 2.75) is 52.9 Å². The summed E-state index contributed by atoms with van der Waals surface area (Å²) in [6, 6.07) is 0. The highest BCUT2D eigenvalue weighted by Crippen LogP contribution is 2.37. The van der Waals surface area contributed by atoms with E-state index < -0.39 is 0 Å². The van der Waals surface area contributed by atoms with Crippen LogP contribution in [0.5, 0.6) is 0 Å². The molecule has 1 heteroatoms. The van der Waals surface area contributed by atoms with Crippen LogP contribution in [0.15, 0.2) is 5.38 Å². The third kappa shape index (κ3) is 2.14. The fourth-order valence-electron chi connectivity index (χ4n) is 1.85. The van der Waals surface area contributed by atoms with Crippen LogP contribution in [0.2, 0.25) is 0 Å². The molecule has 0 radical (unpaired) electrons. The van der Waals surface area contributed by atoms with E-state index in [9.17, 15) is 0 Å². The van der Waals surface area contributed by atoms with Crippen molar-refractivity contribution < 1.29 is 0 Å². The molecule has 0 bridgehead atoms. The van der Waals surface area contributed by atoms with Crippen LogP contribution >= 0.6 is 11.3 Å². The first kappa shape index (κ1) is 10.8. The number of aryl methyl sites for hydroxylation is 1. The zero-order valence-corrected chi connectivity index (χ0v) is 10.4. The highest BCUT2D eigenvalue weighted by molar-refractivity contribution is 7.10. The molecule has 0 aliphatic heterocycles. The predicted octanol–water partition coefficient (Wildman–Crippen LogP) is 4.48.